The van der Waals surface area contributed by atoms with E-state index < -0.39 is 0 Å². The minimum Gasteiger partial charge on any atom is -0.508 e. The van der Waals surface area contributed by atoms with E-state index in [9.17, 15) is 5.11 Å². The first kappa shape index (κ1) is 15.3. The molecule has 1 spiro atoms. The van der Waals surface area contributed by atoms with Gasteiger partial charge in [-0.2, -0.15) is 0 Å². The van der Waals surface area contributed by atoms with E-state index >= 15 is 0 Å². The minimum atomic E-state index is 0.125. The van der Waals surface area contributed by atoms with Crippen LogP contribution in [0.4, 0.5) is 0 Å². The third kappa shape index (κ3) is 2.44. The summed E-state index contributed by atoms with van der Waals surface area (Å²) >= 11 is 0. The van der Waals surface area contributed by atoms with Crippen molar-refractivity contribution >= 4 is 0 Å². The van der Waals surface area contributed by atoms with Gasteiger partial charge < -0.3 is 9.84 Å². The average Bonchev–Trinajstić information content (AvgIpc) is 2.93. The van der Waals surface area contributed by atoms with Gasteiger partial charge in [-0.25, -0.2) is 0 Å². The molecule has 0 amide bonds. The summed E-state index contributed by atoms with van der Waals surface area (Å²) in [5, 5.41) is 9.98. The predicted molar refractivity (Wildman–Crippen MR) is 98.2 cm³/mol. The molecule has 25 heavy (non-hydrogen) atoms. The third-order valence-corrected chi connectivity index (χ3v) is 6.59. The van der Waals surface area contributed by atoms with Crippen molar-refractivity contribution in [3.8, 4) is 11.5 Å². The van der Waals surface area contributed by atoms with Crippen LogP contribution < -0.4 is 4.74 Å². The van der Waals surface area contributed by atoms with Crippen LogP contribution in [-0.2, 0) is 11.8 Å². The van der Waals surface area contributed by atoms with Crippen molar-refractivity contribution in [1.29, 1.82) is 0 Å². The van der Waals surface area contributed by atoms with Crippen LogP contribution in [0.2, 0.25) is 0 Å². The van der Waals surface area contributed by atoms with Gasteiger partial charge in [-0.1, -0.05) is 36.8 Å². The Morgan fingerprint density at radius 3 is 2.92 bits per heavy atom. The zero-order chi connectivity index (χ0) is 16.9. The molecule has 1 N–H and O–H groups in total. The highest BCUT2D eigenvalue weighted by Crippen LogP contribution is 2.55. The summed E-state index contributed by atoms with van der Waals surface area (Å²) in [5.74, 6) is 1.36. The molecule has 1 saturated carbocycles. The molecule has 2 heterocycles. The van der Waals surface area contributed by atoms with Gasteiger partial charge >= 0.3 is 0 Å². The molecule has 3 aliphatic rings. The van der Waals surface area contributed by atoms with Crippen LogP contribution in [0.1, 0.15) is 36.8 Å². The number of phenolic OH excluding ortho intramolecular Hbond substituents is 1. The normalized spacial score (nSPS) is 30.4. The second kappa shape index (κ2) is 5.77. The van der Waals surface area contributed by atoms with Crippen LogP contribution in [0.25, 0.3) is 0 Å². The van der Waals surface area contributed by atoms with Crippen LogP contribution in [0.15, 0.2) is 48.5 Å². The predicted octanol–water partition coefficient (Wildman–Crippen LogP) is 3.89. The number of fused-ring (bicyclic) bond motifs is 2. The third-order valence-electron chi connectivity index (χ3n) is 6.59. The minimum absolute atomic E-state index is 0.125. The molecular formula is C22H25NO2. The van der Waals surface area contributed by atoms with Crippen molar-refractivity contribution in [3.63, 3.8) is 0 Å². The van der Waals surface area contributed by atoms with E-state index in [1.54, 1.807) is 6.07 Å². The first-order chi connectivity index (χ1) is 12.2. The SMILES string of the molecule is Oc1ccc2c(c1)[C@]13CCC[C@@H](C1)N(CCc1ccccc1)C[C@@H]3O2. The summed E-state index contributed by atoms with van der Waals surface area (Å²) in [6.45, 7) is 2.11. The van der Waals surface area contributed by atoms with Gasteiger partial charge in [0.2, 0.25) is 0 Å². The number of hydrogen-bond donors (Lipinski definition) is 1. The van der Waals surface area contributed by atoms with Crippen LogP contribution in [0.3, 0.4) is 0 Å². The lowest BCUT2D eigenvalue weighted by Crippen LogP contribution is -2.59. The lowest BCUT2D eigenvalue weighted by molar-refractivity contribution is -0.0209. The number of nitrogens with zero attached hydrogens (tertiary/aromatic N) is 1. The van der Waals surface area contributed by atoms with Crippen LogP contribution >= 0.6 is 0 Å². The van der Waals surface area contributed by atoms with E-state index in [0.29, 0.717) is 11.8 Å². The molecule has 3 nitrogen and oxygen atoms in total. The van der Waals surface area contributed by atoms with Crippen LogP contribution in [0, 0.1) is 0 Å². The highest BCUT2D eigenvalue weighted by Gasteiger charge is 2.55. The summed E-state index contributed by atoms with van der Waals surface area (Å²) in [6, 6.07) is 17.1. The fourth-order valence-corrected chi connectivity index (χ4v) is 5.34. The Morgan fingerprint density at radius 2 is 2.04 bits per heavy atom. The maximum atomic E-state index is 9.98. The lowest BCUT2D eigenvalue weighted by Gasteiger charge is -2.51. The molecule has 0 unspecified atom stereocenters. The largest absolute Gasteiger partial charge is 0.508 e. The quantitative estimate of drug-likeness (QED) is 0.923. The lowest BCUT2D eigenvalue weighted by atomic mass is 9.63. The van der Waals surface area contributed by atoms with Crippen LogP contribution in [-0.4, -0.2) is 35.2 Å². The Hall–Kier alpha value is -2.00. The highest BCUT2D eigenvalue weighted by molar-refractivity contribution is 5.50. The van der Waals surface area contributed by atoms with E-state index in [4.69, 9.17) is 4.74 Å². The van der Waals surface area contributed by atoms with E-state index in [1.807, 2.05) is 12.1 Å². The first-order valence-corrected chi connectivity index (χ1v) is 9.53. The molecular weight excluding hydrogens is 310 g/mol. The number of rotatable bonds is 3. The molecule has 2 bridgehead atoms. The molecule has 130 valence electrons. The van der Waals surface area contributed by atoms with Gasteiger partial charge in [0.05, 0.1) is 0 Å². The van der Waals surface area contributed by atoms with Gasteiger partial charge in [0.15, 0.2) is 0 Å². The van der Waals surface area contributed by atoms with Gasteiger partial charge in [0, 0.05) is 30.1 Å². The molecule has 1 saturated heterocycles. The summed E-state index contributed by atoms with van der Waals surface area (Å²) in [7, 11) is 0. The number of ether oxygens (including phenoxy) is 1. The second-order valence-corrected chi connectivity index (χ2v) is 7.92. The number of likely N-dealkylation sites (tertiary alicyclic amines) is 1. The number of phenols is 1. The molecule has 0 radical (unpaired) electrons. The van der Waals surface area contributed by atoms with Gasteiger partial charge in [-0.05, 0) is 49.4 Å². The number of piperidine rings is 1. The Kier molecular flexibility index (Phi) is 3.53. The van der Waals surface area contributed by atoms with Gasteiger partial charge in [-0.3, -0.25) is 4.90 Å². The van der Waals surface area contributed by atoms with Crippen molar-refractivity contribution in [2.75, 3.05) is 13.1 Å². The topological polar surface area (TPSA) is 32.7 Å². The molecule has 0 aromatic heterocycles. The van der Waals surface area contributed by atoms with Crippen molar-refractivity contribution < 1.29 is 9.84 Å². The smallest absolute Gasteiger partial charge is 0.124 e. The number of aromatic hydroxyl groups is 1. The summed E-state index contributed by atoms with van der Waals surface area (Å²) in [4.78, 5) is 2.65. The van der Waals surface area contributed by atoms with Gasteiger partial charge in [0.1, 0.15) is 17.6 Å². The highest BCUT2D eigenvalue weighted by atomic mass is 16.5. The average molecular weight is 335 g/mol. The summed E-state index contributed by atoms with van der Waals surface area (Å²) in [6.07, 6.45) is 6.24. The fourth-order valence-electron chi connectivity index (χ4n) is 5.34. The van der Waals surface area contributed by atoms with E-state index in [1.165, 1.54) is 36.8 Å². The van der Waals surface area contributed by atoms with Crippen molar-refractivity contribution in [3.05, 3.63) is 59.7 Å². The molecule has 2 aromatic rings. The molecule has 5 rings (SSSR count). The Bertz CT molecular complexity index is 775. The Balaban J connectivity index is 1.39. The molecule has 2 fully saturated rings. The van der Waals surface area contributed by atoms with E-state index in [-0.39, 0.29) is 11.5 Å². The maximum Gasteiger partial charge on any atom is 0.124 e. The molecule has 3 heteroatoms. The Morgan fingerprint density at radius 1 is 1.16 bits per heavy atom. The number of benzene rings is 2. The zero-order valence-electron chi connectivity index (χ0n) is 14.5. The first-order valence-electron chi connectivity index (χ1n) is 9.53. The maximum absolute atomic E-state index is 9.98. The molecule has 2 aliphatic heterocycles. The molecule has 2 aromatic carbocycles. The van der Waals surface area contributed by atoms with Gasteiger partial charge in [0.25, 0.3) is 0 Å². The number of hydrogen-bond acceptors (Lipinski definition) is 3. The Labute approximate surface area is 149 Å². The van der Waals surface area contributed by atoms with Gasteiger partial charge in [-0.15, -0.1) is 0 Å². The summed E-state index contributed by atoms with van der Waals surface area (Å²) in [5.41, 5.74) is 2.79. The monoisotopic (exact) mass is 335 g/mol. The van der Waals surface area contributed by atoms with Crippen molar-refractivity contribution in [2.24, 2.45) is 0 Å². The van der Waals surface area contributed by atoms with E-state index in [2.05, 4.69) is 35.2 Å². The standard InChI is InChI=1S/C22H25NO2/c24-18-8-9-20-19(13-18)22-11-4-7-17(14-22)23(15-21(22)25-20)12-10-16-5-2-1-3-6-16/h1-3,5-6,8-9,13,17,21,24H,4,7,10-12,14-15H2/t17-,21-,22-/m0/s1. The second-order valence-electron chi connectivity index (χ2n) is 7.92. The fraction of sp³-hybridized carbons (Fsp3) is 0.455. The van der Waals surface area contributed by atoms with Crippen LogP contribution in [0.5, 0.6) is 11.5 Å². The van der Waals surface area contributed by atoms with E-state index in [0.717, 1.165) is 25.3 Å². The molecule has 3 atom stereocenters. The zero-order valence-corrected chi connectivity index (χ0v) is 14.5. The van der Waals surface area contributed by atoms with Crippen molar-refractivity contribution in [1.82, 2.24) is 4.90 Å². The van der Waals surface area contributed by atoms with Crippen molar-refractivity contribution in [2.45, 2.75) is 49.7 Å². The summed E-state index contributed by atoms with van der Waals surface area (Å²) < 4.78 is 6.37. The molecule has 1 aliphatic carbocycles.